The summed E-state index contributed by atoms with van der Waals surface area (Å²) in [6.45, 7) is 5.09. The summed E-state index contributed by atoms with van der Waals surface area (Å²) in [5.74, 6) is 0.0466. The van der Waals surface area contributed by atoms with Gasteiger partial charge in [0.25, 0.3) is 0 Å². The lowest BCUT2D eigenvalue weighted by atomic mass is 10.0. The van der Waals surface area contributed by atoms with Gasteiger partial charge in [0.2, 0.25) is 5.91 Å². The number of benzene rings is 1. The average molecular weight is 232 g/mol. The molecule has 0 saturated heterocycles. The minimum atomic E-state index is -0.767. The van der Waals surface area contributed by atoms with E-state index in [4.69, 9.17) is 5.73 Å². The maximum absolute atomic E-state index is 12.1. The van der Waals surface area contributed by atoms with Crippen LogP contribution in [0.4, 0.5) is 0 Å². The first-order valence-corrected chi connectivity index (χ1v) is 6.13. The Morgan fingerprint density at radius 3 is 2.06 bits per heavy atom. The predicted molar refractivity (Wildman–Crippen MR) is 68.7 cm³/mol. The van der Waals surface area contributed by atoms with Crippen LogP contribution in [0.1, 0.15) is 25.0 Å². The first-order chi connectivity index (χ1) is 7.98. The molecule has 1 aliphatic heterocycles. The number of hydrogen-bond donors (Lipinski definition) is 1. The van der Waals surface area contributed by atoms with Crippen molar-refractivity contribution in [3.05, 3.63) is 35.4 Å². The van der Waals surface area contributed by atoms with E-state index in [-0.39, 0.29) is 5.91 Å². The molecular weight excluding hydrogens is 212 g/mol. The minimum absolute atomic E-state index is 0.0466. The Hall–Kier alpha value is -1.35. The van der Waals surface area contributed by atoms with E-state index in [0.717, 1.165) is 25.9 Å². The largest absolute Gasteiger partial charge is 0.340 e. The van der Waals surface area contributed by atoms with E-state index in [0.29, 0.717) is 0 Å². The second kappa shape index (κ2) is 4.49. The van der Waals surface area contributed by atoms with Crippen LogP contribution in [0.25, 0.3) is 0 Å². The molecule has 0 atom stereocenters. The summed E-state index contributed by atoms with van der Waals surface area (Å²) in [5, 5.41) is 0. The predicted octanol–water partition coefficient (Wildman–Crippen LogP) is 1.35. The molecule has 2 N–H and O–H groups in total. The zero-order chi connectivity index (χ0) is 12.5. The number of carbonyl (C=O) groups excluding carboxylic acids is 1. The highest BCUT2D eigenvalue weighted by Gasteiger charge is 2.28. The zero-order valence-electron chi connectivity index (χ0n) is 10.6. The summed E-state index contributed by atoms with van der Waals surface area (Å²) >= 11 is 0. The van der Waals surface area contributed by atoms with Crippen LogP contribution >= 0.6 is 0 Å². The van der Waals surface area contributed by atoms with Gasteiger partial charge in [0, 0.05) is 13.1 Å². The van der Waals surface area contributed by atoms with E-state index < -0.39 is 5.54 Å². The topological polar surface area (TPSA) is 46.3 Å². The third-order valence-electron chi connectivity index (χ3n) is 3.26. The smallest absolute Gasteiger partial charge is 0.242 e. The molecular formula is C14H20N2O. The molecule has 0 bridgehead atoms. The molecule has 0 radical (unpaired) electrons. The van der Waals surface area contributed by atoms with E-state index in [9.17, 15) is 4.79 Å². The van der Waals surface area contributed by atoms with Gasteiger partial charge < -0.3 is 10.6 Å². The normalized spacial score (nSPS) is 16.3. The number of rotatable bonds is 1. The van der Waals surface area contributed by atoms with Crippen LogP contribution in [-0.4, -0.2) is 29.4 Å². The summed E-state index contributed by atoms with van der Waals surface area (Å²) < 4.78 is 0. The molecule has 3 heteroatoms. The molecule has 0 fully saturated rings. The molecule has 1 aromatic carbocycles. The molecule has 2 rings (SSSR count). The van der Waals surface area contributed by atoms with E-state index >= 15 is 0 Å². The monoisotopic (exact) mass is 232 g/mol. The Morgan fingerprint density at radius 2 is 1.65 bits per heavy atom. The number of hydrogen-bond acceptors (Lipinski definition) is 2. The Bertz CT molecular complexity index is 393. The molecule has 0 unspecified atom stereocenters. The van der Waals surface area contributed by atoms with Crippen molar-refractivity contribution in [3.63, 3.8) is 0 Å². The molecule has 0 aliphatic carbocycles. The minimum Gasteiger partial charge on any atom is -0.340 e. The van der Waals surface area contributed by atoms with Gasteiger partial charge >= 0.3 is 0 Å². The third-order valence-corrected chi connectivity index (χ3v) is 3.26. The summed E-state index contributed by atoms with van der Waals surface area (Å²) in [6, 6.07) is 8.42. The Labute approximate surface area is 103 Å². The van der Waals surface area contributed by atoms with Gasteiger partial charge in [0.05, 0.1) is 5.54 Å². The Kier molecular flexibility index (Phi) is 3.20. The highest BCUT2D eigenvalue weighted by Crippen LogP contribution is 2.17. The highest BCUT2D eigenvalue weighted by atomic mass is 16.2. The number of nitrogens with zero attached hydrogens (tertiary/aromatic N) is 1. The van der Waals surface area contributed by atoms with Crippen molar-refractivity contribution in [2.24, 2.45) is 5.73 Å². The van der Waals surface area contributed by atoms with Gasteiger partial charge in [-0.3, -0.25) is 4.79 Å². The molecule has 0 aromatic heterocycles. The molecule has 1 aliphatic rings. The maximum atomic E-state index is 12.1. The molecule has 92 valence electrons. The quantitative estimate of drug-likeness (QED) is 0.794. The second-order valence-electron chi connectivity index (χ2n) is 5.28. The van der Waals surface area contributed by atoms with Gasteiger partial charge in [0.1, 0.15) is 0 Å². The maximum Gasteiger partial charge on any atom is 0.242 e. The van der Waals surface area contributed by atoms with Gasteiger partial charge in [-0.1, -0.05) is 24.3 Å². The molecule has 0 spiro atoms. The summed E-state index contributed by atoms with van der Waals surface area (Å²) in [6.07, 6.45) is 1.86. The van der Waals surface area contributed by atoms with E-state index in [1.54, 1.807) is 13.8 Å². The van der Waals surface area contributed by atoms with Gasteiger partial charge in [-0.2, -0.15) is 0 Å². The van der Waals surface area contributed by atoms with Crippen molar-refractivity contribution in [1.29, 1.82) is 0 Å². The SMILES string of the molecule is CC(C)(N)C(=O)N1CCc2ccccc2CC1. The summed E-state index contributed by atoms with van der Waals surface area (Å²) in [5.41, 5.74) is 7.83. The van der Waals surface area contributed by atoms with E-state index in [1.165, 1.54) is 11.1 Å². The number of carbonyl (C=O) groups is 1. The lowest BCUT2D eigenvalue weighted by Crippen LogP contribution is -2.51. The first kappa shape index (κ1) is 12.1. The Morgan fingerprint density at radius 1 is 1.18 bits per heavy atom. The number of amides is 1. The fourth-order valence-electron chi connectivity index (χ4n) is 2.28. The van der Waals surface area contributed by atoms with Crippen LogP contribution in [0.15, 0.2) is 24.3 Å². The standard InChI is InChI=1S/C14H20N2O/c1-14(2,15)13(17)16-9-7-11-5-3-4-6-12(11)8-10-16/h3-6H,7-10,15H2,1-2H3. The van der Waals surface area contributed by atoms with Crippen molar-refractivity contribution >= 4 is 5.91 Å². The van der Waals surface area contributed by atoms with Gasteiger partial charge in [-0.05, 0) is 37.8 Å². The van der Waals surface area contributed by atoms with Crippen LogP contribution in [-0.2, 0) is 17.6 Å². The van der Waals surface area contributed by atoms with Gasteiger partial charge in [0.15, 0.2) is 0 Å². The second-order valence-corrected chi connectivity index (χ2v) is 5.28. The summed E-state index contributed by atoms with van der Waals surface area (Å²) in [7, 11) is 0. The van der Waals surface area contributed by atoms with E-state index in [1.807, 2.05) is 4.90 Å². The van der Waals surface area contributed by atoms with Crippen molar-refractivity contribution in [2.45, 2.75) is 32.2 Å². The molecule has 3 nitrogen and oxygen atoms in total. The average Bonchev–Trinajstić information content (AvgIpc) is 2.49. The van der Waals surface area contributed by atoms with Crippen LogP contribution in [0.3, 0.4) is 0 Å². The van der Waals surface area contributed by atoms with Crippen molar-refractivity contribution in [2.75, 3.05) is 13.1 Å². The highest BCUT2D eigenvalue weighted by molar-refractivity contribution is 5.85. The molecule has 17 heavy (non-hydrogen) atoms. The zero-order valence-corrected chi connectivity index (χ0v) is 10.6. The molecule has 1 aromatic rings. The lowest BCUT2D eigenvalue weighted by Gasteiger charge is -2.28. The molecule has 1 heterocycles. The van der Waals surface area contributed by atoms with Crippen LogP contribution in [0.2, 0.25) is 0 Å². The Balaban J connectivity index is 2.12. The van der Waals surface area contributed by atoms with Crippen LogP contribution in [0, 0.1) is 0 Å². The van der Waals surface area contributed by atoms with Crippen LogP contribution in [0.5, 0.6) is 0 Å². The summed E-state index contributed by atoms with van der Waals surface area (Å²) in [4.78, 5) is 14.0. The van der Waals surface area contributed by atoms with Crippen molar-refractivity contribution in [1.82, 2.24) is 4.90 Å². The van der Waals surface area contributed by atoms with E-state index in [2.05, 4.69) is 24.3 Å². The van der Waals surface area contributed by atoms with Crippen molar-refractivity contribution < 1.29 is 4.79 Å². The molecule has 1 amide bonds. The fourth-order valence-corrected chi connectivity index (χ4v) is 2.28. The number of nitrogens with two attached hydrogens (primary N) is 1. The van der Waals surface area contributed by atoms with Gasteiger partial charge in [-0.15, -0.1) is 0 Å². The van der Waals surface area contributed by atoms with Crippen molar-refractivity contribution in [3.8, 4) is 0 Å². The third kappa shape index (κ3) is 2.67. The van der Waals surface area contributed by atoms with Crippen LogP contribution < -0.4 is 5.73 Å². The lowest BCUT2D eigenvalue weighted by molar-refractivity contribution is -0.135. The fraction of sp³-hybridized carbons (Fsp3) is 0.500. The molecule has 0 saturated carbocycles. The first-order valence-electron chi connectivity index (χ1n) is 6.13. The van der Waals surface area contributed by atoms with Gasteiger partial charge in [-0.25, -0.2) is 0 Å². The number of fused-ring (bicyclic) bond motifs is 1.